The maximum absolute atomic E-state index is 6.19. The Kier molecular flexibility index (Phi) is 4.57. The Morgan fingerprint density at radius 2 is 2.10 bits per heavy atom. The number of hydrogen-bond donors (Lipinski definition) is 0. The molecule has 0 amide bonds. The van der Waals surface area contributed by atoms with Crippen molar-refractivity contribution in [3.05, 3.63) is 22.7 Å². The van der Waals surface area contributed by atoms with E-state index in [1.165, 1.54) is 12.8 Å². The van der Waals surface area contributed by atoms with E-state index in [2.05, 4.69) is 4.90 Å². The van der Waals surface area contributed by atoms with Crippen LogP contribution in [0.15, 0.2) is 12.1 Å². The second-order valence-electron chi connectivity index (χ2n) is 5.78. The summed E-state index contributed by atoms with van der Waals surface area (Å²) >= 11 is 6.19. The Morgan fingerprint density at radius 1 is 1.29 bits per heavy atom. The summed E-state index contributed by atoms with van der Waals surface area (Å²) in [6, 6.07) is 3.75. The standard InChI is InChI=1S/C16H22ClNO3/c1-19-14-8-13(17)7-12(16(14)20-2)9-18-5-6-21-15(10-18)11-3-4-11/h7-8,11,15H,3-6,9-10H2,1-2H3. The zero-order valence-corrected chi connectivity index (χ0v) is 13.4. The quantitative estimate of drug-likeness (QED) is 0.836. The van der Waals surface area contributed by atoms with Gasteiger partial charge in [-0.25, -0.2) is 0 Å². The normalized spacial score (nSPS) is 23.1. The van der Waals surface area contributed by atoms with Crippen LogP contribution in [0, 0.1) is 5.92 Å². The first-order valence-electron chi connectivity index (χ1n) is 7.45. The first kappa shape index (κ1) is 14.9. The molecule has 4 nitrogen and oxygen atoms in total. The van der Waals surface area contributed by atoms with E-state index in [9.17, 15) is 0 Å². The molecule has 116 valence electrons. The van der Waals surface area contributed by atoms with Gasteiger partial charge in [0.2, 0.25) is 0 Å². The predicted octanol–water partition coefficient (Wildman–Crippen LogP) is 2.97. The van der Waals surface area contributed by atoms with E-state index in [1.54, 1.807) is 20.3 Å². The highest BCUT2D eigenvalue weighted by atomic mass is 35.5. The van der Waals surface area contributed by atoms with Crippen LogP contribution in [-0.2, 0) is 11.3 Å². The molecule has 1 aliphatic heterocycles. The molecule has 1 saturated heterocycles. The van der Waals surface area contributed by atoms with Crippen molar-refractivity contribution in [2.24, 2.45) is 5.92 Å². The molecule has 1 atom stereocenters. The van der Waals surface area contributed by atoms with E-state index in [0.717, 1.165) is 43.5 Å². The minimum atomic E-state index is 0.394. The molecule has 0 spiro atoms. The van der Waals surface area contributed by atoms with E-state index < -0.39 is 0 Å². The lowest BCUT2D eigenvalue weighted by Crippen LogP contribution is -2.42. The molecular formula is C16H22ClNO3. The number of nitrogens with zero attached hydrogens (tertiary/aromatic N) is 1. The number of halogens is 1. The SMILES string of the molecule is COc1cc(Cl)cc(CN2CCOC(C3CC3)C2)c1OC. The zero-order chi connectivity index (χ0) is 14.8. The Balaban J connectivity index is 1.75. The lowest BCUT2D eigenvalue weighted by atomic mass is 10.1. The number of hydrogen-bond acceptors (Lipinski definition) is 4. The molecule has 1 aromatic rings. The van der Waals surface area contributed by atoms with Crippen molar-refractivity contribution >= 4 is 11.6 Å². The third kappa shape index (κ3) is 3.44. The molecule has 2 aliphatic rings. The molecule has 1 heterocycles. The van der Waals surface area contributed by atoms with Crippen molar-refractivity contribution in [1.29, 1.82) is 0 Å². The van der Waals surface area contributed by atoms with Gasteiger partial charge in [0, 0.05) is 36.3 Å². The lowest BCUT2D eigenvalue weighted by Gasteiger charge is -2.33. The summed E-state index contributed by atoms with van der Waals surface area (Å²) in [6.07, 6.45) is 3.02. The van der Waals surface area contributed by atoms with Gasteiger partial charge in [-0.3, -0.25) is 4.90 Å². The molecule has 21 heavy (non-hydrogen) atoms. The van der Waals surface area contributed by atoms with Gasteiger partial charge in [0.25, 0.3) is 0 Å². The Labute approximate surface area is 130 Å². The Hall–Kier alpha value is -0.970. The minimum absolute atomic E-state index is 0.394. The molecule has 0 N–H and O–H groups in total. The molecule has 0 radical (unpaired) electrons. The monoisotopic (exact) mass is 311 g/mol. The number of ether oxygens (including phenoxy) is 3. The van der Waals surface area contributed by atoms with Crippen molar-refractivity contribution in [1.82, 2.24) is 4.90 Å². The van der Waals surface area contributed by atoms with Crippen LogP contribution >= 0.6 is 11.6 Å². The second-order valence-corrected chi connectivity index (χ2v) is 6.22. The maximum Gasteiger partial charge on any atom is 0.165 e. The highest BCUT2D eigenvalue weighted by Gasteiger charge is 2.35. The van der Waals surface area contributed by atoms with Gasteiger partial charge >= 0.3 is 0 Å². The van der Waals surface area contributed by atoms with Gasteiger partial charge in [0.1, 0.15) is 0 Å². The Bertz CT molecular complexity index is 505. The highest BCUT2D eigenvalue weighted by molar-refractivity contribution is 6.30. The largest absolute Gasteiger partial charge is 0.493 e. The van der Waals surface area contributed by atoms with Crippen molar-refractivity contribution in [3.8, 4) is 11.5 Å². The molecular weight excluding hydrogens is 290 g/mol. The van der Waals surface area contributed by atoms with Crippen LogP contribution in [0.3, 0.4) is 0 Å². The van der Waals surface area contributed by atoms with Gasteiger partial charge < -0.3 is 14.2 Å². The van der Waals surface area contributed by atoms with Crippen molar-refractivity contribution in [2.45, 2.75) is 25.5 Å². The number of morpholine rings is 1. The second kappa shape index (κ2) is 6.42. The smallest absolute Gasteiger partial charge is 0.165 e. The average molecular weight is 312 g/mol. The molecule has 1 unspecified atom stereocenters. The van der Waals surface area contributed by atoms with Crippen LogP contribution in [0.1, 0.15) is 18.4 Å². The molecule has 1 saturated carbocycles. The molecule has 3 rings (SSSR count). The fourth-order valence-electron chi connectivity index (χ4n) is 2.99. The van der Waals surface area contributed by atoms with Gasteiger partial charge in [-0.05, 0) is 24.8 Å². The first-order valence-corrected chi connectivity index (χ1v) is 7.83. The van der Waals surface area contributed by atoms with E-state index in [0.29, 0.717) is 16.9 Å². The molecule has 2 fully saturated rings. The van der Waals surface area contributed by atoms with Crippen LogP contribution in [0.4, 0.5) is 0 Å². The average Bonchev–Trinajstić information content (AvgIpc) is 3.31. The van der Waals surface area contributed by atoms with Gasteiger partial charge in [-0.2, -0.15) is 0 Å². The summed E-state index contributed by atoms with van der Waals surface area (Å²) in [5.41, 5.74) is 1.07. The topological polar surface area (TPSA) is 30.9 Å². The van der Waals surface area contributed by atoms with Gasteiger partial charge in [0.15, 0.2) is 11.5 Å². The van der Waals surface area contributed by atoms with Gasteiger partial charge in [0.05, 0.1) is 26.9 Å². The summed E-state index contributed by atoms with van der Waals surface area (Å²) < 4.78 is 16.7. The van der Waals surface area contributed by atoms with Crippen LogP contribution in [0.5, 0.6) is 11.5 Å². The molecule has 1 aromatic carbocycles. The minimum Gasteiger partial charge on any atom is -0.493 e. The van der Waals surface area contributed by atoms with Crippen LogP contribution in [-0.4, -0.2) is 44.9 Å². The summed E-state index contributed by atoms with van der Waals surface area (Å²) in [7, 11) is 3.30. The fraction of sp³-hybridized carbons (Fsp3) is 0.625. The third-order valence-corrected chi connectivity index (χ3v) is 4.46. The van der Waals surface area contributed by atoms with Crippen LogP contribution in [0.2, 0.25) is 5.02 Å². The first-order chi connectivity index (χ1) is 10.2. The summed E-state index contributed by atoms with van der Waals surface area (Å²) in [4.78, 5) is 2.42. The van der Waals surface area contributed by atoms with Crippen LogP contribution in [0.25, 0.3) is 0 Å². The van der Waals surface area contributed by atoms with Crippen molar-refractivity contribution in [2.75, 3.05) is 33.9 Å². The zero-order valence-electron chi connectivity index (χ0n) is 12.6. The van der Waals surface area contributed by atoms with Crippen LogP contribution < -0.4 is 9.47 Å². The third-order valence-electron chi connectivity index (χ3n) is 4.24. The summed E-state index contributed by atoms with van der Waals surface area (Å²) in [5.74, 6) is 2.23. The maximum atomic E-state index is 6.19. The lowest BCUT2D eigenvalue weighted by molar-refractivity contribution is -0.0420. The van der Waals surface area contributed by atoms with E-state index in [-0.39, 0.29) is 0 Å². The summed E-state index contributed by atoms with van der Waals surface area (Å²) in [5, 5.41) is 0.676. The van der Waals surface area contributed by atoms with Crippen molar-refractivity contribution in [3.63, 3.8) is 0 Å². The molecule has 0 aromatic heterocycles. The summed E-state index contributed by atoms with van der Waals surface area (Å²) in [6.45, 7) is 3.55. The molecule has 1 aliphatic carbocycles. The number of methoxy groups -OCH3 is 2. The van der Waals surface area contributed by atoms with E-state index >= 15 is 0 Å². The predicted molar refractivity (Wildman–Crippen MR) is 82.3 cm³/mol. The molecule has 0 bridgehead atoms. The number of rotatable bonds is 5. The van der Waals surface area contributed by atoms with E-state index in [1.807, 2.05) is 6.07 Å². The molecule has 5 heteroatoms. The van der Waals surface area contributed by atoms with E-state index in [4.69, 9.17) is 25.8 Å². The van der Waals surface area contributed by atoms with Crippen molar-refractivity contribution < 1.29 is 14.2 Å². The van der Waals surface area contributed by atoms with Gasteiger partial charge in [-0.1, -0.05) is 11.6 Å². The van der Waals surface area contributed by atoms with Gasteiger partial charge in [-0.15, -0.1) is 0 Å². The number of benzene rings is 1. The Morgan fingerprint density at radius 3 is 2.76 bits per heavy atom. The highest BCUT2D eigenvalue weighted by Crippen LogP contribution is 2.38. The fourth-order valence-corrected chi connectivity index (χ4v) is 3.22.